The molecule has 5 heteroatoms. The third-order valence-corrected chi connectivity index (χ3v) is 11.6. The molecule has 39 heavy (non-hydrogen) atoms. The number of Topliss-reactive ketones (excluding diaryl/α,β-unsaturated/α-hetero) is 2. The van der Waals surface area contributed by atoms with E-state index in [1.807, 2.05) is 19.9 Å². The van der Waals surface area contributed by atoms with Crippen LogP contribution in [0.15, 0.2) is 11.6 Å². The highest BCUT2D eigenvalue weighted by Gasteiger charge is 2.61. The smallest absolute Gasteiger partial charge is 0.311 e. The summed E-state index contributed by atoms with van der Waals surface area (Å²) in [7, 11) is 0. The Labute approximate surface area is 238 Å². The second kappa shape index (κ2) is 11.9. The minimum atomic E-state index is -0.576. The summed E-state index contributed by atoms with van der Waals surface area (Å²) in [5.74, 6) is -0.177. The van der Waals surface area contributed by atoms with Crippen LogP contribution in [0.2, 0.25) is 0 Å². The lowest BCUT2D eigenvalue weighted by atomic mass is 9.41. The normalized spacial score (nSPS) is 31.0. The van der Waals surface area contributed by atoms with Crippen molar-refractivity contribution in [3.8, 4) is 6.07 Å². The number of carbonyl (C=O) groups is 3. The van der Waals surface area contributed by atoms with Crippen LogP contribution in [0.5, 0.6) is 0 Å². The Bertz CT molecular complexity index is 1020. The second-order valence-electron chi connectivity index (χ2n) is 14.9. The van der Waals surface area contributed by atoms with Gasteiger partial charge >= 0.3 is 5.97 Å². The third-order valence-electron chi connectivity index (χ3n) is 11.6. The van der Waals surface area contributed by atoms with Crippen molar-refractivity contribution in [3.05, 3.63) is 11.6 Å². The molecule has 2 rings (SSSR count). The largest absolute Gasteiger partial charge is 0.466 e. The summed E-state index contributed by atoms with van der Waals surface area (Å²) in [5.41, 5.74) is -1.02. The number of carbonyl (C=O) groups excluding carboxylic acids is 3. The van der Waals surface area contributed by atoms with E-state index in [1.54, 1.807) is 6.92 Å². The lowest BCUT2D eigenvalue weighted by molar-refractivity contribution is -0.158. The third kappa shape index (κ3) is 6.52. The summed E-state index contributed by atoms with van der Waals surface area (Å²) in [6.07, 6.45) is 8.46. The summed E-state index contributed by atoms with van der Waals surface area (Å²) in [5, 5.41) is 9.79. The van der Waals surface area contributed by atoms with Crippen LogP contribution in [0.25, 0.3) is 0 Å². The average molecular weight is 542 g/mol. The van der Waals surface area contributed by atoms with Crippen molar-refractivity contribution >= 4 is 17.5 Å². The fraction of sp³-hybridized carbons (Fsp3) is 0.824. The Morgan fingerprint density at radius 3 is 2.18 bits per heavy atom. The molecule has 2 aliphatic rings. The molecule has 0 radical (unpaired) electrons. The molecule has 220 valence electrons. The summed E-state index contributed by atoms with van der Waals surface area (Å²) in [4.78, 5) is 38.9. The lowest BCUT2D eigenvalue weighted by Gasteiger charge is -2.62. The minimum absolute atomic E-state index is 0.0111. The first kappa shape index (κ1) is 33.2. The van der Waals surface area contributed by atoms with Crippen LogP contribution in [0.1, 0.15) is 128 Å². The van der Waals surface area contributed by atoms with Crippen molar-refractivity contribution in [1.29, 1.82) is 5.26 Å². The molecule has 0 heterocycles. The van der Waals surface area contributed by atoms with Gasteiger partial charge in [0.2, 0.25) is 0 Å². The number of allylic oxidation sites excluding steroid dienone is 2. The highest BCUT2D eigenvalue weighted by Crippen LogP contribution is 2.66. The number of hydrogen-bond acceptors (Lipinski definition) is 5. The number of esters is 1. The number of ketones is 2. The van der Waals surface area contributed by atoms with Crippen molar-refractivity contribution in [3.63, 3.8) is 0 Å². The Morgan fingerprint density at radius 1 is 1.08 bits per heavy atom. The van der Waals surface area contributed by atoms with E-state index >= 15 is 0 Å². The van der Waals surface area contributed by atoms with Gasteiger partial charge < -0.3 is 9.53 Å². The summed E-state index contributed by atoms with van der Waals surface area (Å²) in [6, 6.07) is 2.16. The van der Waals surface area contributed by atoms with Gasteiger partial charge in [-0.2, -0.15) is 5.26 Å². The summed E-state index contributed by atoms with van der Waals surface area (Å²) >= 11 is 0. The van der Waals surface area contributed by atoms with Gasteiger partial charge in [-0.1, -0.05) is 67.9 Å². The van der Waals surface area contributed by atoms with Crippen LogP contribution in [-0.2, 0) is 19.1 Å². The molecule has 0 N–H and O–H groups in total. The minimum Gasteiger partial charge on any atom is -0.466 e. The fourth-order valence-electron chi connectivity index (χ4n) is 7.62. The SMILES string of the molecule is CCOC(=O)[C@@](C)(CCC(C)(C)CC)CCC(C)(C)[C@]1(C)CC[C@H]2[C@H](C)C(=O)C(C#N)=C[C@]2(C)[C@H]1CC(C)=O. The highest BCUT2D eigenvalue weighted by atomic mass is 16.5. The van der Waals surface area contributed by atoms with E-state index in [2.05, 4.69) is 61.5 Å². The van der Waals surface area contributed by atoms with Crippen molar-refractivity contribution in [1.82, 2.24) is 0 Å². The van der Waals surface area contributed by atoms with Gasteiger partial charge in [0.1, 0.15) is 11.9 Å². The van der Waals surface area contributed by atoms with Gasteiger partial charge in [0.15, 0.2) is 5.78 Å². The highest BCUT2D eigenvalue weighted by molar-refractivity contribution is 6.01. The number of rotatable bonds is 12. The predicted octanol–water partition coefficient (Wildman–Crippen LogP) is 8.27. The molecule has 5 nitrogen and oxygen atoms in total. The van der Waals surface area contributed by atoms with Crippen molar-refractivity contribution in [2.24, 2.45) is 44.8 Å². The monoisotopic (exact) mass is 541 g/mol. The molecule has 0 unspecified atom stereocenters. The molecule has 6 atom stereocenters. The van der Waals surface area contributed by atoms with E-state index in [0.717, 1.165) is 44.9 Å². The standard InChI is InChI=1S/C34H55NO4/c1-12-30(5,6)16-18-32(9,29(38)39-13-2)19-17-31(7,8)34(11)15-14-26-24(4)28(37)25(22-35)21-33(26,10)27(34)20-23(3)36/h21,24,26-27H,12-20H2,1-11H3/t24-,26-,27+,32-,33-,34+/m0/s1. The predicted molar refractivity (Wildman–Crippen MR) is 157 cm³/mol. The molecule has 1 saturated carbocycles. The lowest BCUT2D eigenvalue weighted by Crippen LogP contribution is -2.57. The van der Waals surface area contributed by atoms with Gasteiger partial charge in [0.25, 0.3) is 0 Å². The molecular weight excluding hydrogens is 486 g/mol. The molecule has 0 aliphatic heterocycles. The molecule has 0 saturated heterocycles. The molecule has 0 amide bonds. The fourth-order valence-corrected chi connectivity index (χ4v) is 7.62. The summed E-state index contributed by atoms with van der Waals surface area (Å²) in [6.45, 7) is 23.7. The number of nitriles is 1. The van der Waals surface area contributed by atoms with E-state index in [0.29, 0.717) is 13.0 Å². The van der Waals surface area contributed by atoms with Gasteiger partial charge in [-0.3, -0.25) is 9.59 Å². The first-order valence-electron chi connectivity index (χ1n) is 15.2. The quantitative estimate of drug-likeness (QED) is 0.232. The van der Waals surface area contributed by atoms with Crippen LogP contribution < -0.4 is 0 Å². The molecule has 0 aromatic carbocycles. The van der Waals surface area contributed by atoms with Crippen LogP contribution in [-0.4, -0.2) is 24.1 Å². The Hall–Kier alpha value is -1.96. The van der Waals surface area contributed by atoms with Crippen molar-refractivity contribution in [2.75, 3.05) is 6.61 Å². The number of ether oxygens (including phenoxy) is 1. The van der Waals surface area contributed by atoms with Crippen LogP contribution in [0.3, 0.4) is 0 Å². The molecule has 0 aromatic rings. The van der Waals surface area contributed by atoms with E-state index in [1.165, 1.54) is 0 Å². The van der Waals surface area contributed by atoms with E-state index in [9.17, 15) is 19.6 Å². The number of nitrogens with zero attached hydrogens (tertiary/aromatic N) is 1. The van der Waals surface area contributed by atoms with Crippen molar-refractivity contribution in [2.45, 2.75) is 128 Å². The zero-order valence-corrected chi connectivity index (χ0v) is 26.8. The van der Waals surface area contributed by atoms with Crippen molar-refractivity contribution < 1.29 is 19.1 Å². The average Bonchev–Trinajstić information content (AvgIpc) is 2.86. The Morgan fingerprint density at radius 2 is 1.67 bits per heavy atom. The molecule has 0 spiro atoms. The zero-order chi connectivity index (χ0) is 30.0. The maximum Gasteiger partial charge on any atom is 0.311 e. The second-order valence-corrected chi connectivity index (χ2v) is 14.9. The van der Waals surface area contributed by atoms with E-state index in [-0.39, 0.29) is 57.1 Å². The Balaban J connectivity index is 2.49. The van der Waals surface area contributed by atoms with E-state index in [4.69, 9.17) is 4.74 Å². The van der Waals surface area contributed by atoms with Gasteiger partial charge in [-0.25, -0.2) is 0 Å². The first-order valence-corrected chi connectivity index (χ1v) is 15.2. The number of hydrogen-bond donors (Lipinski definition) is 0. The summed E-state index contributed by atoms with van der Waals surface area (Å²) < 4.78 is 5.59. The molecule has 0 aromatic heterocycles. The van der Waals surface area contributed by atoms with Gasteiger partial charge in [0, 0.05) is 12.3 Å². The first-order chi connectivity index (χ1) is 17.8. The molecule has 0 bridgehead atoms. The molecule has 1 fully saturated rings. The van der Waals surface area contributed by atoms with Crippen LogP contribution in [0.4, 0.5) is 0 Å². The van der Waals surface area contributed by atoms with Crippen LogP contribution >= 0.6 is 0 Å². The van der Waals surface area contributed by atoms with Gasteiger partial charge in [-0.15, -0.1) is 0 Å². The zero-order valence-electron chi connectivity index (χ0n) is 26.8. The maximum atomic E-state index is 13.3. The molecular formula is C34H55NO4. The van der Waals surface area contributed by atoms with E-state index < -0.39 is 10.8 Å². The van der Waals surface area contributed by atoms with Gasteiger partial charge in [-0.05, 0) is 92.8 Å². The number of fused-ring (bicyclic) bond motifs is 1. The van der Waals surface area contributed by atoms with Crippen LogP contribution in [0, 0.1) is 56.2 Å². The Kier molecular flexibility index (Phi) is 10.1. The maximum absolute atomic E-state index is 13.3. The topological polar surface area (TPSA) is 84.2 Å². The molecule has 2 aliphatic carbocycles. The van der Waals surface area contributed by atoms with Gasteiger partial charge in [0.05, 0.1) is 17.6 Å².